The van der Waals surface area contributed by atoms with E-state index in [4.69, 9.17) is 5.73 Å². The summed E-state index contributed by atoms with van der Waals surface area (Å²) in [6, 6.07) is 10.2. The number of benzene rings is 2. The lowest BCUT2D eigenvalue weighted by Crippen LogP contribution is -2.32. The second-order valence-electron chi connectivity index (χ2n) is 5.41. The van der Waals surface area contributed by atoms with E-state index < -0.39 is 0 Å². The van der Waals surface area contributed by atoms with Crippen molar-refractivity contribution in [3.8, 4) is 0 Å². The van der Waals surface area contributed by atoms with Gasteiger partial charge in [-0.3, -0.25) is 4.79 Å². The van der Waals surface area contributed by atoms with Gasteiger partial charge in [-0.15, -0.1) is 0 Å². The number of rotatable bonds is 2. The fraction of sp³-hybridized carbons (Fsp3) is 0.235. The van der Waals surface area contributed by atoms with Crippen molar-refractivity contribution in [3.05, 3.63) is 70.0 Å². The largest absolute Gasteiger partial charge is 0.352 e. The van der Waals surface area contributed by atoms with Crippen molar-refractivity contribution < 1.29 is 9.18 Å². The molecule has 21 heavy (non-hydrogen) atoms. The Morgan fingerprint density at radius 3 is 2.67 bits per heavy atom. The molecule has 3 N–H and O–H groups in total. The van der Waals surface area contributed by atoms with Gasteiger partial charge >= 0.3 is 0 Å². The van der Waals surface area contributed by atoms with Gasteiger partial charge in [-0.25, -0.2) is 4.39 Å². The quantitative estimate of drug-likeness (QED) is 0.890. The fourth-order valence-electron chi connectivity index (χ4n) is 2.68. The van der Waals surface area contributed by atoms with Gasteiger partial charge in [0.25, 0.3) is 5.91 Å². The number of carbonyl (C=O) groups is 1. The van der Waals surface area contributed by atoms with Gasteiger partial charge in [0.2, 0.25) is 0 Å². The van der Waals surface area contributed by atoms with Crippen LogP contribution in [0.4, 0.5) is 4.39 Å². The van der Waals surface area contributed by atoms with E-state index in [-0.39, 0.29) is 17.8 Å². The summed E-state index contributed by atoms with van der Waals surface area (Å²) in [5.74, 6) is -0.295. The van der Waals surface area contributed by atoms with Gasteiger partial charge in [0.15, 0.2) is 0 Å². The number of hydrogen-bond donors (Lipinski definition) is 2. The summed E-state index contributed by atoms with van der Waals surface area (Å²) in [5.41, 5.74) is 10.3. The molecule has 1 unspecified atom stereocenters. The van der Waals surface area contributed by atoms with Crippen LogP contribution in [0.1, 0.15) is 38.7 Å². The fourth-order valence-corrected chi connectivity index (χ4v) is 2.68. The van der Waals surface area contributed by atoms with E-state index in [1.807, 2.05) is 18.2 Å². The van der Waals surface area contributed by atoms with Crippen molar-refractivity contribution in [3.63, 3.8) is 0 Å². The first-order chi connectivity index (χ1) is 10.1. The van der Waals surface area contributed by atoms with Crippen LogP contribution in [-0.2, 0) is 6.42 Å². The van der Waals surface area contributed by atoms with Gasteiger partial charge in [0.1, 0.15) is 5.82 Å². The average molecular weight is 284 g/mol. The molecule has 1 aliphatic heterocycles. The van der Waals surface area contributed by atoms with Crippen LogP contribution in [0, 0.1) is 12.7 Å². The predicted octanol–water partition coefficient (Wildman–Crippen LogP) is 2.47. The Bertz CT molecular complexity index is 712. The zero-order chi connectivity index (χ0) is 15.0. The highest BCUT2D eigenvalue weighted by atomic mass is 19.1. The molecule has 1 aliphatic rings. The van der Waals surface area contributed by atoms with E-state index in [0.717, 1.165) is 23.1 Å². The maximum atomic E-state index is 13.3. The molecule has 3 rings (SSSR count). The van der Waals surface area contributed by atoms with Crippen LogP contribution in [0.3, 0.4) is 0 Å². The van der Waals surface area contributed by atoms with E-state index in [0.29, 0.717) is 17.7 Å². The van der Waals surface area contributed by atoms with Gasteiger partial charge in [0, 0.05) is 12.1 Å². The van der Waals surface area contributed by atoms with Crippen LogP contribution in [0.15, 0.2) is 36.4 Å². The summed E-state index contributed by atoms with van der Waals surface area (Å²) in [6.45, 7) is 2.39. The molecular formula is C17H17FN2O. The summed E-state index contributed by atoms with van der Waals surface area (Å²) in [5, 5.41) is 2.83. The zero-order valence-electron chi connectivity index (χ0n) is 11.8. The van der Waals surface area contributed by atoms with Crippen molar-refractivity contribution in [2.45, 2.75) is 19.4 Å². The Morgan fingerprint density at radius 2 is 1.90 bits per heavy atom. The van der Waals surface area contributed by atoms with Gasteiger partial charge < -0.3 is 11.1 Å². The van der Waals surface area contributed by atoms with Crippen LogP contribution in [0.25, 0.3) is 0 Å². The first-order valence-electron chi connectivity index (χ1n) is 6.99. The summed E-state index contributed by atoms with van der Waals surface area (Å²) >= 11 is 0. The lowest BCUT2D eigenvalue weighted by Gasteiger charge is -2.20. The molecule has 0 saturated carbocycles. The third kappa shape index (κ3) is 2.54. The molecule has 3 nitrogen and oxygen atoms in total. The number of nitrogens with one attached hydrogen (secondary N) is 1. The highest BCUT2D eigenvalue weighted by Crippen LogP contribution is 2.25. The van der Waals surface area contributed by atoms with Gasteiger partial charge in [0.05, 0.1) is 6.04 Å². The van der Waals surface area contributed by atoms with Crippen LogP contribution >= 0.6 is 0 Å². The lowest BCUT2D eigenvalue weighted by atomic mass is 9.92. The molecule has 1 heterocycles. The van der Waals surface area contributed by atoms with Crippen molar-refractivity contribution in [2.75, 3.05) is 6.54 Å². The molecule has 1 atom stereocenters. The Kier molecular flexibility index (Phi) is 3.47. The number of carbonyl (C=O) groups excluding carboxylic acids is 1. The van der Waals surface area contributed by atoms with Crippen LogP contribution < -0.4 is 11.1 Å². The number of nitrogens with two attached hydrogens (primary N) is 1. The number of halogens is 1. The van der Waals surface area contributed by atoms with E-state index >= 15 is 0 Å². The van der Waals surface area contributed by atoms with Crippen molar-refractivity contribution in [2.24, 2.45) is 5.73 Å². The van der Waals surface area contributed by atoms with Crippen molar-refractivity contribution >= 4 is 5.91 Å². The van der Waals surface area contributed by atoms with E-state index in [2.05, 4.69) is 5.32 Å². The molecule has 1 amide bonds. The summed E-state index contributed by atoms with van der Waals surface area (Å²) in [4.78, 5) is 11.9. The monoisotopic (exact) mass is 284 g/mol. The molecule has 0 aromatic heterocycles. The lowest BCUT2D eigenvalue weighted by molar-refractivity contribution is 0.0946. The van der Waals surface area contributed by atoms with Crippen molar-refractivity contribution in [1.82, 2.24) is 5.32 Å². The normalized spacial score (nSPS) is 15.3. The smallest absolute Gasteiger partial charge is 0.251 e. The summed E-state index contributed by atoms with van der Waals surface area (Å²) in [6.07, 6.45) is 0.840. The maximum absolute atomic E-state index is 13.3. The highest BCUT2D eigenvalue weighted by molar-refractivity contribution is 5.96. The van der Waals surface area contributed by atoms with Gasteiger partial charge in [-0.05, 0) is 47.7 Å². The molecule has 2 aromatic carbocycles. The average Bonchev–Trinajstić information content (AvgIpc) is 2.49. The molecule has 0 radical (unpaired) electrons. The number of hydrogen-bond acceptors (Lipinski definition) is 2. The van der Waals surface area contributed by atoms with Crippen LogP contribution in [0.5, 0.6) is 0 Å². The van der Waals surface area contributed by atoms with Crippen molar-refractivity contribution in [1.29, 1.82) is 0 Å². The summed E-state index contributed by atoms with van der Waals surface area (Å²) < 4.78 is 13.3. The predicted molar refractivity (Wildman–Crippen MR) is 79.6 cm³/mol. The molecule has 2 aromatic rings. The van der Waals surface area contributed by atoms with E-state index in [9.17, 15) is 9.18 Å². The van der Waals surface area contributed by atoms with E-state index in [1.54, 1.807) is 19.1 Å². The van der Waals surface area contributed by atoms with Crippen LogP contribution in [-0.4, -0.2) is 12.5 Å². The molecule has 108 valence electrons. The highest BCUT2D eigenvalue weighted by Gasteiger charge is 2.19. The third-order valence-corrected chi connectivity index (χ3v) is 3.96. The molecule has 0 aliphatic carbocycles. The second-order valence-corrected chi connectivity index (χ2v) is 5.41. The molecule has 0 bridgehead atoms. The van der Waals surface area contributed by atoms with Crippen LogP contribution in [0.2, 0.25) is 0 Å². The Hall–Kier alpha value is -2.20. The maximum Gasteiger partial charge on any atom is 0.251 e. The van der Waals surface area contributed by atoms with Gasteiger partial charge in [-0.2, -0.15) is 0 Å². The first-order valence-corrected chi connectivity index (χ1v) is 6.99. The second kappa shape index (κ2) is 5.30. The summed E-state index contributed by atoms with van der Waals surface area (Å²) in [7, 11) is 0. The minimum Gasteiger partial charge on any atom is -0.352 e. The molecule has 0 spiro atoms. The molecule has 4 heteroatoms. The number of aryl methyl sites for hydroxylation is 1. The molecular weight excluding hydrogens is 267 g/mol. The standard InChI is InChI=1S/C17H17FN2O/c1-10-8-12(4-5-15(10)18)16(19)13-3-2-11-6-7-20-17(21)14(11)9-13/h2-5,8-9,16H,6-7,19H2,1H3,(H,20,21). The van der Waals surface area contributed by atoms with Gasteiger partial charge in [-0.1, -0.05) is 24.3 Å². The Labute approximate surface area is 123 Å². The number of fused-ring (bicyclic) bond motifs is 1. The Morgan fingerprint density at radius 1 is 1.19 bits per heavy atom. The zero-order valence-corrected chi connectivity index (χ0v) is 11.8. The minimum absolute atomic E-state index is 0.0550. The first kappa shape index (κ1) is 13.8. The SMILES string of the molecule is Cc1cc(C(N)c2ccc3c(c2)C(=O)NCC3)ccc1F. The molecule has 0 fully saturated rings. The Balaban J connectivity index is 1.98. The minimum atomic E-state index is -0.371. The van der Waals surface area contributed by atoms with E-state index in [1.165, 1.54) is 6.07 Å². The third-order valence-electron chi connectivity index (χ3n) is 3.96. The molecule has 0 saturated heterocycles. The topological polar surface area (TPSA) is 55.1 Å². The number of amides is 1.